The number of aromatic nitrogens is 1. The molecule has 0 saturated heterocycles. The van der Waals surface area contributed by atoms with Gasteiger partial charge < -0.3 is 10.6 Å². The first-order chi connectivity index (χ1) is 11.1. The number of aryl methyl sites for hydroxylation is 1. The van der Waals surface area contributed by atoms with E-state index in [1.165, 1.54) is 4.88 Å². The molecule has 1 atom stereocenters. The van der Waals surface area contributed by atoms with Crippen LogP contribution in [-0.4, -0.2) is 35.9 Å². The lowest BCUT2D eigenvalue weighted by atomic mass is 9.97. The second kappa shape index (κ2) is 9.50. The van der Waals surface area contributed by atoms with Crippen molar-refractivity contribution in [3.05, 3.63) is 46.0 Å². The summed E-state index contributed by atoms with van der Waals surface area (Å²) in [4.78, 5) is 20.5. The standard InChI is InChI=1S/C17H22N4OS.2ClH/c1-21(2)13-6-7-14-15(9-13)23-17(19-14)20-16(22)12-5-3-4-11(8-12)10-18;;/h3-5,8,13H,6-7,9-10,18H2,1-2H3,(H,19,20,22);2*1H/t13-;;/m0../s1. The molecule has 8 heteroatoms. The molecule has 0 saturated carbocycles. The maximum atomic E-state index is 12.4. The molecule has 138 valence electrons. The van der Waals surface area contributed by atoms with Crippen molar-refractivity contribution in [1.82, 2.24) is 9.88 Å². The normalized spacial score (nSPS) is 15.8. The molecular formula is C17H24Cl2N4OS. The summed E-state index contributed by atoms with van der Waals surface area (Å²) < 4.78 is 0. The highest BCUT2D eigenvalue weighted by atomic mass is 35.5. The highest BCUT2D eigenvalue weighted by Crippen LogP contribution is 2.31. The van der Waals surface area contributed by atoms with E-state index in [0.29, 0.717) is 23.3 Å². The number of hydrogen-bond acceptors (Lipinski definition) is 5. The van der Waals surface area contributed by atoms with E-state index in [2.05, 4.69) is 29.3 Å². The molecular weight excluding hydrogens is 379 g/mol. The fraction of sp³-hybridized carbons (Fsp3) is 0.412. The summed E-state index contributed by atoms with van der Waals surface area (Å²) in [6.45, 7) is 0.429. The lowest BCUT2D eigenvalue weighted by molar-refractivity contribution is 0.102. The van der Waals surface area contributed by atoms with E-state index in [-0.39, 0.29) is 30.7 Å². The Kier molecular flexibility index (Phi) is 8.31. The number of nitrogens with two attached hydrogens (primary N) is 1. The molecule has 0 unspecified atom stereocenters. The molecule has 3 N–H and O–H groups in total. The van der Waals surface area contributed by atoms with Crippen LogP contribution in [-0.2, 0) is 19.4 Å². The van der Waals surface area contributed by atoms with Crippen molar-refractivity contribution in [1.29, 1.82) is 0 Å². The molecule has 0 bridgehead atoms. The number of anilines is 1. The second-order valence-electron chi connectivity index (χ2n) is 6.11. The molecule has 5 nitrogen and oxygen atoms in total. The lowest BCUT2D eigenvalue weighted by Crippen LogP contribution is -2.32. The molecule has 0 spiro atoms. The number of fused-ring (bicyclic) bond motifs is 1. The number of hydrogen-bond donors (Lipinski definition) is 2. The summed E-state index contributed by atoms with van der Waals surface area (Å²) in [6, 6.07) is 7.95. The van der Waals surface area contributed by atoms with Crippen LogP contribution in [0.15, 0.2) is 24.3 Å². The third-order valence-corrected chi connectivity index (χ3v) is 5.32. The molecule has 25 heavy (non-hydrogen) atoms. The number of thiazole rings is 1. The predicted octanol–water partition coefficient (Wildman–Crippen LogP) is 3.12. The van der Waals surface area contributed by atoms with Gasteiger partial charge in [-0.15, -0.1) is 36.2 Å². The van der Waals surface area contributed by atoms with Gasteiger partial charge in [-0.05, 0) is 51.1 Å². The minimum absolute atomic E-state index is 0. The van der Waals surface area contributed by atoms with Gasteiger partial charge >= 0.3 is 0 Å². The zero-order chi connectivity index (χ0) is 16.4. The quantitative estimate of drug-likeness (QED) is 0.823. The van der Waals surface area contributed by atoms with Gasteiger partial charge in [0.15, 0.2) is 5.13 Å². The minimum atomic E-state index is -0.129. The van der Waals surface area contributed by atoms with Crippen molar-refractivity contribution in [3.63, 3.8) is 0 Å². The van der Waals surface area contributed by atoms with Gasteiger partial charge in [0.2, 0.25) is 0 Å². The number of nitrogens with one attached hydrogen (secondary N) is 1. The molecule has 0 aliphatic heterocycles. The van der Waals surface area contributed by atoms with E-state index in [1.807, 2.05) is 18.2 Å². The van der Waals surface area contributed by atoms with Crippen molar-refractivity contribution in [2.45, 2.75) is 31.8 Å². The maximum Gasteiger partial charge on any atom is 0.257 e. The molecule has 1 aliphatic rings. The van der Waals surface area contributed by atoms with Crippen LogP contribution in [0.3, 0.4) is 0 Å². The van der Waals surface area contributed by atoms with Crippen LogP contribution in [0.2, 0.25) is 0 Å². The number of amides is 1. The highest BCUT2D eigenvalue weighted by molar-refractivity contribution is 7.15. The SMILES string of the molecule is CN(C)[C@H]1CCc2nc(NC(=O)c3cccc(CN)c3)sc2C1.Cl.Cl. The Labute approximate surface area is 164 Å². The third kappa shape index (κ3) is 5.15. The van der Waals surface area contributed by atoms with Gasteiger partial charge in [-0.2, -0.15) is 0 Å². The monoisotopic (exact) mass is 402 g/mol. The molecule has 2 aromatic rings. The number of nitrogens with zero attached hydrogens (tertiary/aromatic N) is 2. The average Bonchev–Trinajstić information content (AvgIpc) is 2.96. The van der Waals surface area contributed by atoms with Crippen molar-refractivity contribution < 1.29 is 4.79 Å². The Morgan fingerprint density at radius 2 is 2.16 bits per heavy atom. The van der Waals surface area contributed by atoms with Crippen LogP contribution in [0.4, 0.5) is 5.13 Å². The van der Waals surface area contributed by atoms with E-state index in [1.54, 1.807) is 17.4 Å². The van der Waals surface area contributed by atoms with Gasteiger partial charge in [0.25, 0.3) is 5.91 Å². The zero-order valence-corrected chi connectivity index (χ0v) is 16.8. The van der Waals surface area contributed by atoms with Gasteiger partial charge in [0, 0.05) is 23.0 Å². The minimum Gasteiger partial charge on any atom is -0.326 e. The van der Waals surface area contributed by atoms with Crippen LogP contribution in [0.25, 0.3) is 0 Å². The van der Waals surface area contributed by atoms with Gasteiger partial charge in [-0.3, -0.25) is 10.1 Å². The number of halogens is 2. The summed E-state index contributed by atoms with van der Waals surface area (Å²) in [5.41, 5.74) is 8.33. The molecule has 1 heterocycles. The Balaban J connectivity index is 0.00000156. The van der Waals surface area contributed by atoms with Gasteiger partial charge in [-0.1, -0.05) is 12.1 Å². The van der Waals surface area contributed by atoms with Crippen molar-refractivity contribution in [3.8, 4) is 0 Å². The van der Waals surface area contributed by atoms with E-state index in [9.17, 15) is 4.79 Å². The third-order valence-electron chi connectivity index (χ3n) is 4.29. The van der Waals surface area contributed by atoms with Gasteiger partial charge in [0.1, 0.15) is 0 Å². The highest BCUT2D eigenvalue weighted by Gasteiger charge is 2.24. The number of carbonyl (C=O) groups excluding carboxylic acids is 1. The Bertz CT molecular complexity index is 720. The summed E-state index contributed by atoms with van der Waals surface area (Å²) in [5.74, 6) is -0.129. The van der Waals surface area contributed by atoms with E-state index < -0.39 is 0 Å². The smallest absolute Gasteiger partial charge is 0.257 e. The summed E-state index contributed by atoms with van der Waals surface area (Å²) in [5, 5.41) is 3.62. The van der Waals surface area contributed by atoms with Crippen LogP contribution < -0.4 is 11.1 Å². The number of carbonyl (C=O) groups is 1. The van der Waals surface area contributed by atoms with Crippen molar-refractivity contribution in [2.24, 2.45) is 5.73 Å². The van der Waals surface area contributed by atoms with Crippen molar-refractivity contribution in [2.75, 3.05) is 19.4 Å². The molecule has 1 amide bonds. The molecule has 1 aromatic heterocycles. The van der Waals surface area contributed by atoms with E-state index in [4.69, 9.17) is 5.73 Å². The lowest BCUT2D eigenvalue weighted by Gasteiger charge is -2.27. The fourth-order valence-electron chi connectivity index (χ4n) is 2.86. The molecule has 0 fully saturated rings. The topological polar surface area (TPSA) is 71.2 Å². The van der Waals surface area contributed by atoms with Crippen LogP contribution in [0.5, 0.6) is 0 Å². The average molecular weight is 403 g/mol. The Hall–Kier alpha value is -1.18. The molecule has 1 aromatic carbocycles. The number of likely N-dealkylation sites (N-methyl/N-ethyl adjacent to an activating group) is 1. The van der Waals surface area contributed by atoms with Gasteiger partial charge in [-0.25, -0.2) is 4.98 Å². The Morgan fingerprint density at radius 3 is 2.84 bits per heavy atom. The predicted molar refractivity (Wildman–Crippen MR) is 108 cm³/mol. The first kappa shape index (κ1) is 21.9. The van der Waals surface area contributed by atoms with Crippen LogP contribution in [0, 0.1) is 0 Å². The van der Waals surface area contributed by atoms with Crippen molar-refractivity contribution >= 4 is 47.2 Å². The molecule has 3 rings (SSSR count). The van der Waals surface area contributed by atoms with Gasteiger partial charge in [0.05, 0.1) is 5.69 Å². The molecule has 0 radical (unpaired) electrons. The molecule has 1 aliphatic carbocycles. The largest absolute Gasteiger partial charge is 0.326 e. The summed E-state index contributed by atoms with van der Waals surface area (Å²) in [7, 11) is 4.23. The number of benzene rings is 1. The summed E-state index contributed by atoms with van der Waals surface area (Å²) >= 11 is 1.60. The van der Waals surface area contributed by atoms with Crippen LogP contribution in [0.1, 0.15) is 32.9 Å². The van der Waals surface area contributed by atoms with Crippen LogP contribution >= 0.6 is 36.2 Å². The second-order valence-corrected chi connectivity index (χ2v) is 7.19. The fourth-order valence-corrected chi connectivity index (χ4v) is 3.93. The van der Waals surface area contributed by atoms with E-state index in [0.717, 1.165) is 30.5 Å². The first-order valence-corrected chi connectivity index (χ1v) is 8.64. The summed E-state index contributed by atoms with van der Waals surface area (Å²) in [6.07, 6.45) is 3.11. The zero-order valence-electron chi connectivity index (χ0n) is 14.3. The Morgan fingerprint density at radius 1 is 1.40 bits per heavy atom. The number of rotatable bonds is 4. The van der Waals surface area contributed by atoms with E-state index >= 15 is 0 Å². The first-order valence-electron chi connectivity index (χ1n) is 7.82. The maximum absolute atomic E-state index is 12.4.